The van der Waals surface area contributed by atoms with Crippen LogP contribution in [-0.4, -0.2) is 39.6 Å². The zero-order valence-electron chi connectivity index (χ0n) is 17.5. The maximum atomic E-state index is 13.0. The summed E-state index contributed by atoms with van der Waals surface area (Å²) >= 11 is 7.52. The lowest BCUT2D eigenvalue weighted by atomic mass is 10.1. The number of likely N-dealkylation sites (tertiary alicyclic amines) is 1. The Balaban J connectivity index is 1.40. The number of anilines is 1. The first-order valence-corrected chi connectivity index (χ1v) is 11.6. The summed E-state index contributed by atoms with van der Waals surface area (Å²) in [5.74, 6) is -0.202. The van der Waals surface area contributed by atoms with E-state index in [0.717, 1.165) is 47.5 Å². The van der Waals surface area contributed by atoms with E-state index in [1.165, 1.54) is 11.3 Å². The second-order valence-electron chi connectivity index (χ2n) is 7.84. The number of benzene rings is 2. The average molecular weight is 465 g/mol. The van der Waals surface area contributed by atoms with Gasteiger partial charge in [0.05, 0.1) is 16.3 Å². The summed E-state index contributed by atoms with van der Waals surface area (Å²) in [5, 5.41) is 9.10. The zero-order valence-corrected chi connectivity index (χ0v) is 19.0. The molecule has 1 aliphatic rings. The highest BCUT2D eigenvalue weighted by atomic mass is 35.5. The highest BCUT2D eigenvalue weighted by Gasteiger charge is 2.21. The van der Waals surface area contributed by atoms with Gasteiger partial charge in [0.2, 0.25) is 0 Å². The lowest BCUT2D eigenvalue weighted by molar-refractivity contribution is 0.0792. The second-order valence-corrected chi connectivity index (χ2v) is 9.31. The summed E-state index contributed by atoms with van der Waals surface area (Å²) in [4.78, 5) is 29.0. The largest absolute Gasteiger partial charge is 0.339 e. The van der Waals surface area contributed by atoms with Crippen molar-refractivity contribution in [2.75, 3.05) is 18.4 Å². The Morgan fingerprint density at radius 3 is 2.62 bits per heavy atom. The molecule has 0 spiro atoms. The van der Waals surface area contributed by atoms with Gasteiger partial charge in [-0.2, -0.15) is 5.10 Å². The predicted octanol–water partition coefficient (Wildman–Crippen LogP) is 5.54. The average Bonchev–Trinajstić information content (AvgIpc) is 3.52. The molecule has 8 heteroatoms. The van der Waals surface area contributed by atoms with Gasteiger partial charge in [-0.25, -0.2) is 4.68 Å². The minimum absolute atomic E-state index is 0.0118. The fraction of sp³-hybridized carbons (Fsp3) is 0.208. The van der Waals surface area contributed by atoms with Crippen molar-refractivity contribution in [2.24, 2.45) is 0 Å². The molecule has 162 valence electrons. The lowest BCUT2D eigenvalue weighted by Crippen LogP contribution is -2.27. The van der Waals surface area contributed by atoms with Gasteiger partial charge in [-0.15, -0.1) is 11.3 Å². The normalized spacial score (nSPS) is 13.6. The van der Waals surface area contributed by atoms with Gasteiger partial charge in [0.25, 0.3) is 11.8 Å². The molecule has 1 N–H and O–H groups in total. The van der Waals surface area contributed by atoms with Crippen molar-refractivity contribution < 1.29 is 9.59 Å². The van der Waals surface area contributed by atoms with Crippen LogP contribution in [0.5, 0.6) is 0 Å². The zero-order chi connectivity index (χ0) is 22.2. The van der Waals surface area contributed by atoms with Crippen molar-refractivity contribution in [2.45, 2.75) is 19.8 Å². The van der Waals surface area contributed by atoms with E-state index in [-0.39, 0.29) is 11.8 Å². The number of rotatable bonds is 4. The number of halogens is 1. The summed E-state index contributed by atoms with van der Waals surface area (Å²) < 4.78 is 1.81. The fourth-order valence-electron chi connectivity index (χ4n) is 3.97. The first kappa shape index (κ1) is 20.7. The molecule has 1 fully saturated rings. The van der Waals surface area contributed by atoms with Crippen LogP contribution in [0.25, 0.3) is 15.9 Å². The third kappa shape index (κ3) is 3.89. The molecule has 0 atom stereocenters. The summed E-state index contributed by atoms with van der Waals surface area (Å²) in [6.07, 6.45) is 2.08. The lowest BCUT2D eigenvalue weighted by Gasteiger charge is -2.15. The number of hydrogen-bond donors (Lipinski definition) is 1. The Morgan fingerprint density at radius 2 is 1.84 bits per heavy atom. The van der Waals surface area contributed by atoms with E-state index < -0.39 is 0 Å². The standard InChI is InChI=1S/C24H21ClN4O2S/c1-15-20-14-21(32-24(20)29(27-15)19-9-5-7-17(25)13-19)22(30)26-18-8-4-6-16(12-18)23(31)28-10-2-3-11-28/h4-9,12-14H,2-3,10-11H2,1H3,(H,26,30). The number of amides is 2. The number of thiophene rings is 1. The first-order valence-electron chi connectivity index (χ1n) is 10.5. The Kier molecular flexibility index (Phi) is 5.45. The maximum Gasteiger partial charge on any atom is 0.265 e. The third-order valence-corrected chi connectivity index (χ3v) is 6.93. The summed E-state index contributed by atoms with van der Waals surface area (Å²) in [6, 6.07) is 16.4. The van der Waals surface area contributed by atoms with E-state index in [9.17, 15) is 9.59 Å². The molecule has 4 aromatic rings. The van der Waals surface area contributed by atoms with Gasteiger partial charge in [0, 0.05) is 34.7 Å². The first-order chi connectivity index (χ1) is 15.5. The number of carbonyl (C=O) groups is 2. The van der Waals surface area contributed by atoms with Gasteiger partial charge in [-0.05, 0) is 62.2 Å². The van der Waals surface area contributed by atoms with Gasteiger partial charge < -0.3 is 10.2 Å². The maximum absolute atomic E-state index is 13.0. The van der Waals surface area contributed by atoms with Crippen LogP contribution in [0.15, 0.2) is 54.6 Å². The van der Waals surface area contributed by atoms with Gasteiger partial charge in [-0.3, -0.25) is 9.59 Å². The van der Waals surface area contributed by atoms with Crippen LogP contribution in [0, 0.1) is 6.92 Å². The fourth-order valence-corrected chi connectivity index (χ4v) is 5.23. The van der Waals surface area contributed by atoms with E-state index in [2.05, 4.69) is 10.4 Å². The third-order valence-electron chi connectivity index (χ3n) is 5.58. The smallest absolute Gasteiger partial charge is 0.265 e. The van der Waals surface area contributed by atoms with Gasteiger partial charge >= 0.3 is 0 Å². The molecule has 2 aromatic carbocycles. The summed E-state index contributed by atoms with van der Waals surface area (Å²) in [6.45, 7) is 3.51. The number of aryl methyl sites for hydroxylation is 1. The highest BCUT2D eigenvalue weighted by Crippen LogP contribution is 2.31. The summed E-state index contributed by atoms with van der Waals surface area (Å²) in [7, 11) is 0. The minimum Gasteiger partial charge on any atom is -0.339 e. The van der Waals surface area contributed by atoms with Crippen molar-refractivity contribution in [3.8, 4) is 5.69 Å². The molecule has 0 aliphatic carbocycles. The number of nitrogens with zero attached hydrogens (tertiary/aromatic N) is 3. The molecular formula is C24H21ClN4O2S. The molecule has 5 rings (SSSR count). The molecular weight excluding hydrogens is 444 g/mol. The molecule has 2 amide bonds. The summed E-state index contributed by atoms with van der Waals surface area (Å²) in [5.41, 5.74) is 2.88. The number of carbonyl (C=O) groups excluding carboxylic acids is 2. The quantitative estimate of drug-likeness (QED) is 0.431. The predicted molar refractivity (Wildman–Crippen MR) is 128 cm³/mol. The monoisotopic (exact) mass is 464 g/mol. The Bertz CT molecular complexity index is 1340. The molecule has 1 aliphatic heterocycles. The van der Waals surface area contributed by atoms with E-state index in [4.69, 9.17) is 11.6 Å². The van der Waals surface area contributed by atoms with Crippen LogP contribution in [0.3, 0.4) is 0 Å². The van der Waals surface area contributed by atoms with E-state index in [0.29, 0.717) is 21.2 Å². The van der Waals surface area contributed by atoms with E-state index in [1.807, 2.05) is 46.8 Å². The van der Waals surface area contributed by atoms with Crippen molar-refractivity contribution in [1.29, 1.82) is 0 Å². The van der Waals surface area contributed by atoms with Gasteiger partial charge in [0.1, 0.15) is 4.83 Å². The Hall–Kier alpha value is -3.16. The van der Waals surface area contributed by atoms with Crippen molar-refractivity contribution >= 4 is 50.7 Å². The number of nitrogens with one attached hydrogen (secondary N) is 1. The second kappa shape index (κ2) is 8.41. The van der Waals surface area contributed by atoms with Gasteiger partial charge in [0.15, 0.2) is 0 Å². The molecule has 3 heterocycles. The van der Waals surface area contributed by atoms with Crippen LogP contribution in [-0.2, 0) is 0 Å². The topological polar surface area (TPSA) is 67.2 Å². The van der Waals surface area contributed by atoms with Crippen molar-refractivity contribution in [1.82, 2.24) is 14.7 Å². The van der Waals surface area contributed by atoms with Crippen molar-refractivity contribution in [3.05, 3.63) is 75.8 Å². The van der Waals surface area contributed by atoms with Crippen LogP contribution < -0.4 is 5.32 Å². The SMILES string of the molecule is Cc1nn(-c2cccc(Cl)c2)c2sc(C(=O)Nc3cccc(C(=O)N4CCCC4)c3)cc12. The molecule has 0 saturated carbocycles. The van der Waals surface area contributed by atoms with E-state index >= 15 is 0 Å². The minimum atomic E-state index is -0.214. The molecule has 0 unspecified atom stereocenters. The van der Waals surface area contributed by atoms with Crippen molar-refractivity contribution in [3.63, 3.8) is 0 Å². The van der Waals surface area contributed by atoms with E-state index in [1.54, 1.807) is 24.3 Å². The Morgan fingerprint density at radius 1 is 1.06 bits per heavy atom. The molecule has 2 aromatic heterocycles. The number of aromatic nitrogens is 2. The molecule has 32 heavy (non-hydrogen) atoms. The molecule has 1 saturated heterocycles. The van der Waals surface area contributed by atoms with Crippen LogP contribution in [0.2, 0.25) is 5.02 Å². The molecule has 0 radical (unpaired) electrons. The van der Waals surface area contributed by atoms with Gasteiger partial charge in [-0.1, -0.05) is 23.7 Å². The number of hydrogen-bond acceptors (Lipinski definition) is 4. The Labute approximate surface area is 194 Å². The van der Waals surface area contributed by atoms with Crippen LogP contribution in [0.4, 0.5) is 5.69 Å². The number of fused-ring (bicyclic) bond motifs is 1. The highest BCUT2D eigenvalue weighted by molar-refractivity contribution is 7.20. The van der Waals surface area contributed by atoms with Crippen LogP contribution in [0.1, 0.15) is 38.6 Å². The molecule has 0 bridgehead atoms. The van der Waals surface area contributed by atoms with Crippen LogP contribution >= 0.6 is 22.9 Å². The molecule has 6 nitrogen and oxygen atoms in total.